The summed E-state index contributed by atoms with van der Waals surface area (Å²) >= 11 is 0. The third-order valence-electron chi connectivity index (χ3n) is 13.5. The number of carbonyl (C=O) groups is 2. The van der Waals surface area contributed by atoms with Crippen molar-refractivity contribution in [3.63, 3.8) is 0 Å². The number of unbranched alkanes of at least 4 members (excludes halogenated alkanes) is 11. The zero-order chi connectivity index (χ0) is 65.8. The van der Waals surface area contributed by atoms with Crippen molar-refractivity contribution in [3.05, 3.63) is 231 Å². The van der Waals surface area contributed by atoms with Gasteiger partial charge < -0.3 is 20.1 Å². The number of rotatable bonds is 62. The van der Waals surface area contributed by atoms with E-state index in [1.807, 2.05) is 0 Å². The lowest BCUT2D eigenvalue weighted by atomic mass is 10.1. The third kappa shape index (κ3) is 73.0. The zero-order valence-electron chi connectivity index (χ0n) is 56.7. The van der Waals surface area contributed by atoms with Gasteiger partial charge in [-0.05, 0) is 161 Å². The van der Waals surface area contributed by atoms with Gasteiger partial charge in [0.05, 0.1) is 13.2 Å². The Morgan fingerprint density at radius 2 is 0.571 bits per heavy atom. The molecule has 0 amide bonds. The van der Waals surface area contributed by atoms with E-state index < -0.39 is 32.5 Å². The molecule has 9 nitrogen and oxygen atoms in total. The molecule has 3 N–H and O–H groups in total. The third-order valence-corrected chi connectivity index (χ3v) is 14.5. The van der Waals surface area contributed by atoms with Crippen LogP contribution in [0.1, 0.15) is 232 Å². The fourth-order valence-corrected chi connectivity index (χ4v) is 9.24. The second kappa shape index (κ2) is 73.1. The topological polar surface area (TPSA) is 134 Å². The standard InChI is InChI=1S/C81H124NO8P/c1-3-5-7-9-11-13-15-17-19-21-23-25-27-29-31-33-35-36-37-38-39-40-41-42-44-46-48-50-52-54-56-58-60-62-64-66-68-70-72-74-81(84)90-79(78-89-91(85,86)88-76-75-82)77-87-80(83)73-71-69-67-65-63-61-59-57-55-53-51-49-47-45-43-34-32-30-28-26-24-22-20-18-16-14-12-10-8-6-4-2/h5-8,11-14,17-20,23-26,29-32,35-36,38-39,41-43,45-46,48-49,51-52,54,58,60,64,66,79H,3-4,9-10,15-16,21-22,27-28,33-34,37,40,44,47,50,53,55-57,59,61-63,65,67-78,82H2,1-2H3,(H,85,86)/b7-5-,8-6-,13-11-,14-12-,19-17-,20-18-,25-23-,26-24-,31-29-,32-30-,36-35-,39-38-,42-41-,45-43-,48-46-,51-49-,54-52-,60-58-,66-64-. The lowest BCUT2D eigenvalue weighted by Crippen LogP contribution is -2.29. The van der Waals surface area contributed by atoms with Crippen molar-refractivity contribution >= 4 is 19.8 Å². The molecule has 0 aromatic carbocycles. The van der Waals surface area contributed by atoms with Crippen molar-refractivity contribution in [3.8, 4) is 0 Å². The van der Waals surface area contributed by atoms with Crippen LogP contribution in [0.15, 0.2) is 231 Å². The number of nitrogens with two attached hydrogens (primary N) is 1. The summed E-state index contributed by atoms with van der Waals surface area (Å²) in [6.07, 6.45) is 116. The molecule has 0 aromatic heterocycles. The summed E-state index contributed by atoms with van der Waals surface area (Å²) in [5.41, 5.74) is 5.39. The van der Waals surface area contributed by atoms with Crippen LogP contribution in [0.3, 0.4) is 0 Å². The minimum Gasteiger partial charge on any atom is -0.462 e. The number of carbonyl (C=O) groups excluding carboxylic acids is 2. The second-order valence-electron chi connectivity index (χ2n) is 21.9. The van der Waals surface area contributed by atoms with Crippen LogP contribution < -0.4 is 5.73 Å². The predicted octanol–water partition coefficient (Wildman–Crippen LogP) is 23.4. The number of esters is 2. The number of phosphoric acid groups is 1. The molecular weight excluding hydrogens is 1150 g/mol. The van der Waals surface area contributed by atoms with Crippen molar-refractivity contribution < 1.29 is 37.6 Å². The quantitative estimate of drug-likeness (QED) is 0.0264. The van der Waals surface area contributed by atoms with Gasteiger partial charge in [-0.25, -0.2) is 4.57 Å². The highest BCUT2D eigenvalue weighted by atomic mass is 31.2. The van der Waals surface area contributed by atoms with E-state index in [9.17, 15) is 19.0 Å². The molecule has 0 aromatic rings. The molecule has 91 heavy (non-hydrogen) atoms. The smallest absolute Gasteiger partial charge is 0.462 e. The first-order valence-electron chi connectivity index (χ1n) is 34.9. The summed E-state index contributed by atoms with van der Waals surface area (Å²) in [4.78, 5) is 35.3. The highest BCUT2D eigenvalue weighted by Crippen LogP contribution is 2.43. The van der Waals surface area contributed by atoms with Crippen LogP contribution in [0, 0.1) is 0 Å². The molecule has 0 saturated heterocycles. The Hall–Kier alpha value is -5.93. The van der Waals surface area contributed by atoms with Gasteiger partial charge >= 0.3 is 19.8 Å². The van der Waals surface area contributed by atoms with Crippen molar-refractivity contribution in [2.75, 3.05) is 26.4 Å². The lowest BCUT2D eigenvalue weighted by Gasteiger charge is -2.19. The van der Waals surface area contributed by atoms with E-state index in [-0.39, 0.29) is 32.6 Å². The first-order chi connectivity index (χ1) is 44.8. The van der Waals surface area contributed by atoms with Crippen molar-refractivity contribution in [2.24, 2.45) is 5.73 Å². The van der Waals surface area contributed by atoms with Crippen LogP contribution >= 0.6 is 7.82 Å². The summed E-state index contributed by atoms with van der Waals surface area (Å²) in [5, 5.41) is 0. The van der Waals surface area contributed by atoms with Gasteiger partial charge in [0.2, 0.25) is 0 Å². The highest BCUT2D eigenvalue weighted by molar-refractivity contribution is 7.47. The van der Waals surface area contributed by atoms with E-state index in [4.69, 9.17) is 24.3 Å². The molecule has 2 unspecified atom stereocenters. The van der Waals surface area contributed by atoms with Crippen LogP contribution in [0.5, 0.6) is 0 Å². The summed E-state index contributed by atoms with van der Waals surface area (Å²) in [6.45, 7) is 3.43. The Morgan fingerprint density at radius 3 is 0.868 bits per heavy atom. The predicted molar refractivity (Wildman–Crippen MR) is 394 cm³/mol. The largest absolute Gasteiger partial charge is 0.472 e. The second-order valence-corrected chi connectivity index (χ2v) is 23.4. The van der Waals surface area contributed by atoms with Gasteiger partial charge in [0, 0.05) is 19.4 Å². The molecule has 506 valence electrons. The van der Waals surface area contributed by atoms with Crippen molar-refractivity contribution in [1.29, 1.82) is 0 Å². The Kier molecular flexibility index (Phi) is 68.4. The molecule has 0 aliphatic carbocycles. The summed E-state index contributed by atoms with van der Waals surface area (Å²) in [5.74, 6) is -0.905. The number of ether oxygens (including phenoxy) is 2. The molecule has 0 spiro atoms. The monoisotopic (exact) mass is 1270 g/mol. The summed E-state index contributed by atoms with van der Waals surface area (Å²) in [7, 11) is -4.43. The number of allylic oxidation sites excluding steroid dienone is 38. The molecule has 0 heterocycles. The van der Waals surface area contributed by atoms with Crippen molar-refractivity contribution in [2.45, 2.75) is 238 Å². The normalized spacial score (nSPS) is 14.4. The van der Waals surface area contributed by atoms with E-state index in [0.717, 1.165) is 161 Å². The maximum absolute atomic E-state index is 12.7. The fourth-order valence-electron chi connectivity index (χ4n) is 8.48. The van der Waals surface area contributed by atoms with E-state index >= 15 is 0 Å². The fraction of sp³-hybridized carbons (Fsp3) is 0.506. The van der Waals surface area contributed by atoms with E-state index in [0.29, 0.717) is 12.8 Å². The highest BCUT2D eigenvalue weighted by Gasteiger charge is 2.26. The summed E-state index contributed by atoms with van der Waals surface area (Å²) < 4.78 is 33.1. The van der Waals surface area contributed by atoms with E-state index in [1.165, 1.54) is 32.1 Å². The number of hydrogen-bond donors (Lipinski definition) is 2. The van der Waals surface area contributed by atoms with Crippen LogP contribution in [0.25, 0.3) is 0 Å². The van der Waals surface area contributed by atoms with E-state index in [2.05, 4.69) is 245 Å². The maximum atomic E-state index is 12.7. The molecule has 0 bridgehead atoms. The van der Waals surface area contributed by atoms with Gasteiger partial charge in [0.1, 0.15) is 6.61 Å². The SMILES string of the molecule is CC/C=C\C/C=C\C/C=C\C/C=C\C/C=C\C/C=C\C/C=C\C/C=C\C/C=C\C/C=C\C/C=C\C/C=C\CCCCC(=O)OC(COC(=O)CCCCCCCCCCC/C=C\C/C=C\C/C=C\C/C=C\C/C=C\C/C=C\C/C=C\CC)COP(=O)(O)OCCN. The van der Waals surface area contributed by atoms with E-state index in [1.54, 1.807) is 0 Å². The Morgan fingerprint density at radius 1 is 0.330 bits per heavy atom. The van der Waals surface area contributed by atoms with Crippen LogP contribution in [0.4, 0.5) is 0 Å². The van der Waals surface area contributed by atoms with Gasteiger partial charge in [-0.2, -0.15) is 0 Å². The molecule has 0 aliphatic rings. The van der Waals surface area contributed by atoms with Gasteiger partial charge in [0.15, 0.2) is 6.10 Å². The minimum absolute atomic E-state index is 0.0323. The van der Waals surface area contributed by atoms with Crippen LogP contribution in [0.2, 0.25) is 0 Å². The molecule has 0 rings (SSSR count). The lowest BCUT2D eigenvalue weighted by molar-refractivity contribution is -0.161. The van der Waals surface area contributed by atoms with Gasteiger partial charge in [0.25, 0.3) is 0 Å². The average Bonchev–Trinajstić information content (AvgIpc) is 3.71. The first kappa shape index (κ1) is 85.1. The number of phosphoric ester groups is 1. The molecule has 0 radical (unpaired) electrons. The van der Waals surface area contributed by atoms with Gasteiger partial charge in [-0.3, -0.25) is 18.6 Å². The molecular formula is C81H124NO8P. The Balaban J connectivity index is 4.10. The average molecular weight is 1270 g/mol. The maximum Gasteiger partial charge on any atom is 0.472 e. The van der Waals surface area contributed by atoms with Crippen LogP contribution in [-0.2, 0) is 32.7 Å². The molecule has 0 saturated carbocycles. The summed E-state index contributed by atoms with van der Waals surface area (Å²) in [6, 6.07) is 0. The van der Waals surface area contributed by atoms with Gasteiger partial charge in [-0.1, -0.05) is 290 Å². The minimum atomic E-state index is -4.43. The molecule has 10 heteroatoms. The van der Waals surface area contributed by atoms with Gasteiger partial charge in [-0.15, -0.1) is 0 Å². The molecule has 0 fully saturated rings. The molecule has 0 aliphatic heterocycles. The Bertz CT molecular complexity index is 2340. The number of hydrogen-bond acceptors (Lipinski definition) is 8. The van der Waals surface area contributed by atoms with Crippen LogP contribution in [-0.4, -0.2) is 49.3 Å². The zero-order valence-corrected chi connectivity index (χ0v) is 57.6. The Labute approximate surface area is 555 Å². The molecule has 2 atom stereocenters. The van der Waals surface area contributed by atoms with Crippen molar-refractivity contribution in [1.82, 2.24) is 0 Å². The first-order valence-corrected chi connectivity index (χ1v) is 36.4.